The number of hydrogen-bond donors (Lipinski definition) is 0. The van der Waals surface area contributed by atoms with Crippen LogP contribution in [0.15, 0.2) is 12.0 Å². The number of rotatable bonds is 1. The van der Waals surface area contributed by atoms with E-state index in [4.69, 9.17) is 9.47 Å². The highest BCUT2D eigenvalue weighted by molar-refractivity contribution is 4.83. The molecule has 0 amide bonds. The van der Waals surface area contributed by atoms with E-state index in [1.807, 2.05) is 13.0 Å². The van der Waals surface area contributed by atoms with Gasteiger partial charge in [0.15, 0.2) is 0 Å². The van der Waals surface area contributed by atoms with Gasteiger partial charge in [0.1, 0.15) is 6.10 Å². The third kappa shape index (κ3) is 1.66. The fourth-order valence-electron chi connectivity index (χ4n) is 0.987. The molecule has 1 fully saturated rings. The van der Waals surface area contributed by atoms with E-state index in [1.165, 1.54) is 0 Å². The molecule has 1 rings (SSSR count). The molecule has 0 aromatic carbocycles. The van der Waals surface area contributed by atoms with Crippen LogP contribution in [0.25, 0.3) is 0 Å². The van der Waals surface area contributed by atoms with Crippen molar-refractivity contribution in [2.75, 3.05) is 6.61 Å². The molecule has 2 nitrogen and oxygen atoms in total. The molecule has 10 heavy (non-hydrogen) atoms. The van der Waals surface area contributed by atoms with Gasteiger partial charge < -0.3 is 9.47 Å². The zero-order chi connectivity index (χ0) is 7.40. The van der Waals surface area contributed by atoms with Gasteiger partial charge in [-0.1, -0.05) is 6.92 Å². The highest BCUT2D eigenvalue weighted by atomic mass is 16.7. The van der Waals surface area contributed by atoms with Crippen LogP contribution in [-0.2, 0) is 9.47 Å². The van der Waals surface area contributed by atoms with Gasteiger partial charge in [-0.3, -0.25) is 0 Å². The maximum absolute atomic E-state index is 5.42. The molecule has 0 bridgehead atoms. The lowest BCUT2D eigenvalue weighted by molar-refractivity contribution is -0.0646. The van der Waals surface area contributed by atoms with E-state index in [-0.39, 0.29) is 0 Å². The Bertz CT molecular complexity index is 129. The molecule has 1 aliphatic rings. The van der Waals surface area contributed by atoms with Crippen LogP contribution >= 0.6 is 0 Å². The average Bonchev–Trinajstić information content (AvgIpc) is 2.05. The summed E-state index contributed by atoms with van der Waals surface area (Å²) in [5.74, 6) is 0.693. The Labute approximate surface area is 61.8 Å². The van der Waals surface area contributed by atoms with Crippen molar-refractivity contribution in [2.45, 2.75) is 32.8 Å². The first kappa shape index (κ1) is 7.45. The molecule has 1 saturated heterocycles. The van der Waals surface area contributed by atoms with E-state index in [2.05, 4.69) is 6.92 Å². The Morgan fingerprint density at radius 1 is 1.70 bits per heavy atom. The fraction of sp³-hybridized carbons (Fsp3) is 0.750. The van der Waals surface area contributed by atoms with Gasteiger partial charge in [-0.15, -0.1) is 0 Å². The minimum absolute atomic E-state index is 0.375. The Hall–Kier alpha value is -0.660. The molecule has 0 aromatic rings. The van der Waals surface area contributed by atoms with Gasteiger partial charge in [-0.2, -0.15) is 0 Å². The van der Waals surface area contributed by atoms with Crippen molar-refractivity contribution in [3.05, 3.63) is 12.0 Å². The van der Waals surface area contributed by atoms with E-state index >= 15 is 0 Å². The molecule has 1 heterocycles. The van der Waals surface area contributed by atoms with E-state index < -0.39 is 0 Å². The Balaban J connectivity index is 2.39. The summed E-state index contributed by atoms with van der Waals surface area (Å²) in [6.45, 7) is 4.86. The smallest absolute Gasteiger partial charge is 0.274 e. The Morgan fingerprint density at radius 2 is 2.50 bits per heavy atom. The molecule has 1 aliphatic heterocycles. The SMILES string of the molecule is CC=C1OCCC(CC)O1. The standard InChI is InChI=1S/C8H14O2/c1-3-7-5-6-9-8(4-2)10-7/h4,7H,3,5-6H2,1-2H3. The molecule has 0 aliphatic carbocycles. The predicted octanol–water partition coefficient (Wildman–Crippen LogP) is 2.06. The zero-order valence-electron chi connectivity index (χ0n) is 6.59. The minimum atomic E-state index is 0.375. The van der Waals surface area contributed by atoms with Gasteiger partial charge in [-0.05, 0) is 19.4 Å². The van der Waals surface area contributed by atoms with Crippen molar-refractivity contribution in [1.29, 1.82) is 0 Å². The lowest BCUT2D eigenvalue weighted by Gasteiger charge is -2.24. The van der Waals surface area contributed by atoms with Crippen LogP contribution in [0.5, 0.6) is 0 Å². The summed E-state index contributed by atoms with van der Waals surface area (Å²) in [6.07, 6.45) is 4.33. The largest absolute Gasteiger partial charge is 0.466 e. The van der Waals surface area contributed by atoms with E-state index in [1.54, 1.807) is 0 Å². The average molecular weight is 142 g/mol. The molecular formula is C8H14O2. The first-order valence-corrected chi connectivity index (χ1v) is 3.82. The van der Waals surface area contributed by atoms with Crippen molar-refractivity contribution >= 4 is 0 Å². The van der Waals surface area contributed by atoms with E-state index in [9.17, 15) is 0 Å². The summed E-state index contributed by atoms with van der Waals surface area (Å²) in [6, 6.07) is 0. The zero-order valence-corrected chi connectivity index (χ0v) is 6.59. The topological polar surface area (TPSA) is 18.5 Å². The van der Waals surface area contributed by atoms with Gasteiger partial charge in [0, 0.05) is 6.42 Å². The number of allylic oxidation sites excluding steroid dienone is 1. The summed E-state index contributed by atoms with van der Waals surface area (Å²) in [4.78, 5) is 0. The van der Waals surface area contributed by atoms with E-state index in [0.717, 1.165) is 19.4 Å². The van der Waals surface area contributed by atoms with E-state index in [0.29, 0.717) is 12.0 Å². The minimum Gasteiger partial charge on any atom is -0.466 e. The van der Waals surface area contributed by atoms with Gasteiger partial charge in [0.2, 0.25) is 0 Å². The molecule has 0 N–H and O–H groups in total. The van der Waals surface area contributed by atoms with Crippen molar-refractivity contribution in [2.24, 2.45) is 0 Å². The highest BCUT2D eigenvalue weighted by Crippen LogP contribution is 2.16. The lowest BCUT2D eigenvalue weighted by Crippen LogP contribution is -2.21. The second-order valence-corrected chi connectivity index (χ2v) is 2.39. The van der Waals surface area contributed by atoms with Crippen LogP contribution in [0.4, 0.5) is 0 Å². The molecule has 58 valence electrons. The van der Waals surface area contributed by atoms with Crippen LogP contribution in [0.2, 0.25) is 0 Å². The van der Waals surface area contributed by atoms with Crippen LogP contribution in [0.1, 0.15) is 26.7 Å². The van der Waals surface area contributed by atoms with Gasteiger partial charge in [0.25, 0.3) is 5.95 Å². The lowest BCUT2D eigenvalue weighted by atomic mass is 10.2. The van der Waals surface area contributed by atoms with Crippen molar-refractivity contribution in [3.63, 3.8) is 0 Å². The first-order chi connectivity index (χ1) is 4.86. The summed E-state index contributed by atoms with van der Waals surface area (Å²) < 4.78 is 10.6. The molecule has 0 radical (unpaired) electrons. The molecule has 1 atom stereocenters. The van der Waals surface area contributed by atoms with Crippen molar-refractivity contribution < 1.29 is 9.47 Å². The van der Waals surface area contributed by atoms with Crippen molar-refractivity contribution in [1.82, 2.24) is 0 Å². The molecule has 1 unspecified atom stereocenters. The quantitative estimate of drug-likeness (QED) is 0.558. The third-order valence-electron chi connectivity index (χ3n) is 1.66. The van der Waals surface area contributed by atoms with Gasteiger partial charge >= 0.3 is 0 Å². The number of hydrogen-bond acceptors (Lipinski definition) is 2. The van der Waals surface area contributed by atoms with Gasteiger partial charge in [-0.25, -0.2) is 0 Å². The maximum atomic E-state index is 5.42. The Morgan fingerprint density at radius 3 is 3.10 bits per heavy atom. The van der Waals surface area contributed by atoms with Crippen LogP contribution in [0.3, 0.4) is 0 Å². The third-order valence-corrected chi connectivity index (χ3v) is 1.66. The highest BCUT2D eigenvalue weighted by Gasteiger charge is 2.15. The number of ether oxygens (including phenoxy) is 2. The predicted molar refractivity (Wildman–Crippen MR) is 39.5 cm³/mol. The Kier molecular flexibility index (Phi) is 2.60. The van der Waals surface area contributed by atoms with Crippen molar-refractivity contribution in [3.8, 4) is 0 Å². The summed E-state index contributed by atoms with van der Waals surface area (Å²) in [7, 11) is 0. The molecule has 0 spiro atoms. The monoisotopic (exact) mass is 142 g/mol. The molecule has 2 heteroatoms. The summed E-state index contributed by atoms with van der Waals surface area (Å²) in [5, 5.41) is 0. The second kappa shape index (κ2) is 3.49. The van der Waals surface area contributed by atoms with Crippen LogP contribution < -0.4 is 0 Å². The first-order valence-electron chi connectivity index (χ1n) is 3.82. The molecule has 0 saturated carbocycles. The van der Waals surface area contributed by atoms with Crippen LogP contribution in [-0.4, -0.2) is 12.7 Å². The summed E-state index contributed by atoms with van der Waals surface area (Å²) >= 11 is 0. The normalized spacial score (nSPS) is 29.4. The van der Waals surface area contributed by atoms with Crippen LogP contribution in [0, 0.1) is 0 Å². The maximum Gasteiger partial charge on any atom is 0.274 e. The van der Waals surface area contributed by atoms with Gasteiger partial charge in [0.05, 0.1) is 6.61 Å². The molecule has 0 aromatic heterocycles. The second-order valence-electron chi connectivity index (χ2n) is 2.39. The molecular weight excluding hydrogens is 128 g/mol. The fourth-order valence-corrected chi connectivity index (χ4v) is 0.987. The summed E-state index contributed by atoms with van der Waals surface area (Å²) in [5.41, 5.74) is 0.